The topological polar surface area (TPSA) is 64.3 Å². The number of rotatable bonds is 6. The summed E-state index contributed by atoms with van der Waals surface area (Å²) in [4.78, 5) is 11.6. The van der Waals surface area contributed by atoms with Gasteiger partial charge in [-0.05, 0) is 44.0 Å². The second-order valence-corrected chi connectivity index (χ2v) is 6.14. The standard InChI is InChI=1S/C14H21BrN2O2/c1-14(2,16)9-13(18)17-7-6-10-8-11(15)4-5-12(10)19-3/h4-5,8H,6-7,9,16H2,1-3H3,(H,17,18). The van der Waals surface area contributed by atoms with Crippen molar-refractivity contribution in [1.29, 1.82) is 0 Å². The van der Waals surface area contributed by atoms with E-state index in [0.717, 1.165) is 22.2 Å². The number of benzene rings is 1. The molecule has 0 atom stereocenters. The number of amides is 1. The fourth-order valence-corrected chi connectivity index (χ4v) is 2.16. The molecular weight excluding hydrogens is 308 g/mol. The number of nitrogens with two attached hydrogens (primary N) is 1. The molecule has 19 heavy (non-hydrogen) atoms. The minimum absolute atomic E-state index is 0.0264. The summed E-state index contributed by atoms with van der Waals surface area (Å²) in [6.45, 7) is 4.25. The summed E-state index contributed by atoms with van der Waals surface area (Å²) in [5.41, 5.74) is 6.38. The van der Waals surface area contributed by atoms with Gasteiger partial charge in [0.1, 0.15) is 5.75 Å². The molecule has 1 rings (SSSR count). The Hall–Kier alpha value is -1.07. The molecule has 0 fully saturated rings. The summed E-state index contributed by atoms with van der Waals surface area (Å²) in [6, 6.07) is 5.83. The lowest BCUT2D eigenvalue weighted by molar-refractivity contribution is -0.121. The fraction of sp³-hybridized carbons (Fsp3) is 0.500. The molecule has 0 aliphatic carbocycles. The summed E-state index contributed by atoms with van der Waals surface area (Å²) < 4.78 is 6.28. The average Bonchev–Trinajstić information content (AvgIpc) is 2.27. The number of ether oxygens (including phenoxy) is 1. The highest BCUT2D eigenvalue weighted by Gasteiger charge is 2.15. The second kappa shape index (κ2) is 6.91. The van der Waals surface area contributed by atoms with Crippen molar-refractivity contribution in [2.45, 2.75) is 32.2 Å². The first-order chi connectivity index (χ1) is 8.81. The van der Waals surface area contributed by atoms with Crippen LogP contribution < -0.4 is 15.8 Å². The Morgan fingerprint density at radius 3 is 2.74 bits per heavy atom. The van der Waals surface area contributed by atoms with Gasteiger partial charge < -0.3 is 15.8 Å². The smallest absolute Gasteiger partial charge is 0.221 e. The summed E-state index contributed by atoms with van der Waals surface area (Å²) in [6.07, 6.45) is 1.04. The maximum atomic E-state index is 11.6. The molecule has 0 radical (unpaired) electrons. The van der Waals surface area contributed by atoms with Gasteiger partial charge in [0.2, 0.25) is 5.91 Å². The van der Waals surface area contributed by atoms with Crippen LogP contribution in [0.1, 0.15) is 25.8 Å². The Balaban J connectivity index is 2.49. The van der Waals surface area contributed by atoms with Crippen LogP contribution in [-0.2, 0) is 11.2 Å². The Morgan fingerprint density at radius 2 is 2.16 bits per heavy atom. The van der Waals surface area contributed by atoms with Gasteiger partial charge in [-0.2, -0.15) is 0 Å². The lowest BCUT2D eigenvalue weighted by Gasteiger charge is -2.17. The molecule has 0 unspecified atom stereocenters. The van der Waals surface area contributed by atoms with Crippen LogP contribution in [0.5, 0.6) is 5.75 Å². The maximum absolute atomic E-state index is 11.6. The minimum atomic E-state index is -0.475. The zero-order valence-corrected chi connectivity index (χ0v) is 13.2. The summed E-state index contributed by atoms with van der Waals surface area (Å²) >= 11 is 3.43. The van der Waals surface area contributed by atoms with E-state index in [1.54, 1.807) is 7.11 Å². The fourth-order valence-electron chi connectivity index (χ4n) is 1.76. The Bertz CT molecular complexity index is 442. The van der Waals surface area contributed by atoms with E-state index in [4.69, 9.17) is 10.5 Å². The first kappa shape index (κ1) is 16.0. The molecule has 0 heterocycles. The van der Waals surface area contributed by atoms with Crippen molar-refractivity contribution in [3.63, 3.8) is 0 Å². The Morgan fingerprint density at radius 1 is 1.47 bits per heavy atom. The highest BCUT2D eigenvalue weighted by atomic mass is 79.9. The van der Waals surface area contributed by atoms with Crippen molar-refractivity contribution in [2.24, 2.45) is 5.73 Å². The molecule has 0 saturated heterocycles. The van der Waals surface area contributed by atoms with Crippen LogP contribution in [0.25, 0.3) is 0 Å². The van der Waals surface area contributed by atoms with Crippen LogP contribution in [-0.4, -0.2) is 25.1 Å². The molecule has 106 valence electrons. The van der Waals surface area contributed by atoms with E-state index in [2.05, 4.69) is 21.2 Å². The average molecular weight is 329 g/mol. The van der Waals surface area contributed by atoms with Crippen molar-refractivity contribution < 1.29 is 9.53 Å². The largest absolute Gasteiger partial charge is 0.496 e. The first-order valence-corrected chi connectivity index (χ1v) is 6.99. The number of carbonyl (C=O) groups excluding carboxylic acids is 1. The Kier molecular flexibility index (Phi) is 5.82. The molecule has 0 aromatic heterocycles. The normalized spacial score (nSPS) is 11.2. The summed E-state index contributed by atoms with van der Waals surface area (Å²) in [5, 5.41) is 2.87. The number of hydrogen-bond donors (Lipinski definition) is 2. The maximum Gasteiger partial charge on any atom is 0.221 e. The van der Waals surface area contributed by atoms with Crippen LogP contribution >= 0.6 is 15.9 Å². The third-order valence-corrected chi connectivity index (χ3v) is 3.07. The number of halogens is 1. The molecule has 1 aromatic rings. The van der Waals surface area contributed by atoms with E-state index in [9.17, 15) is 4.79 Å². The van der Waals surface area contributed by atoms with Crippen molar-refractivity contribution in [3.8, 4) is 5.75 Å². The van der Waals surface area contributed by atoms with E-state index in [-0.39, 0.29) is 5.91 Å². The lowest BCUT2D eigenvalue weighted by Crippen LogP contribution is -2.39. The molecule has 0 bridgehead atoms. The quantitative estimate of drug-likeness (QED) is 0.841. The Labute approximate surface area is 122 Å². The van der Waals surface area contributed by atoms with Crippen molar-refractivity contribution in [1.82, 2.24) is 5.32 Å². The second-order valence-electron chi connectivity index (χ2n) is 5.22. The van der Waals surface area contributed by atoms with Gasteiger partial charge in [-0.3, -0.25) is 4.79 Å². The van der Waals surface area contributed by atoms with Gasteiger partial charge in [0.25, 0.3) is 0 Å². The summed E-state index contributed by atoms with van der Waals surface area (Å²) in [5.74, 6) is 0.804. The molecule has 0 spiro atoms. The zero-order chi connectivity index (χ0) is 14.5. The molecule has 1 aromatic carbocycles. The van der Waals surface area contributed by atoms with E-state index in [1.807, 2.05) is 32.0 Å². The number of hydrogen-bond acceptors (Lipinski definition) is 3. The lowest BCUT2D eigenvalue weighted by atomic mass is 10.0. The van der Waals surface area contributed by atoms with E-state index in [1.165, 1.54) is 0 Å². The molecule has 0 aliphatic rings. The predicted octanol–water partition coefficient (Wildman–Crippen LogP) is 2.24. The number of carbonyl (C=O) groups is 1. The van der Waals surface area contributed by atoms with Crippen molar-refractivity contribution in [3.05, 3.63) is 28.2 Å². The van der Waals surface area contributed by atoms with Gasteiger partial charge in [0.05, 0.1) is 7.11 Å². The molecule has 0 saturated carbocycles. The van der Waals surface area contributed by atoms with Crippen LogP contribution in [0.15, 0.2) is 22.7 Å². The highest BCUT2D eigenvalue weighted by Crippen LogP contribution is 2.23. The predicted molar refractivity (Wildman–Crippen MR) is 80.3 cm³/mol. The van der Waals surface area contributed by atoms with E-state index >= 15 is 0 Å². The molecule has 4 nitrogen and oxygen atoms in total. The third kappa shape index (κ3) is 6.07. The van der Waals surface area contributed by atoms with Crippen molar-refractivity contribution in [2.75, 3.05) is 13.7 Å². The van der Waals surface area contributed by atoms with Gasteiger partial charge in [-0.25, -0.2) is 0 Å². The van der Waals surface area contributed by atoms with Gasteiger partial charge in [-0.1, -0.05) is 15.9 Å². The van der Waals surface area contributed by atoms with Gasteiger partial charge >= 0.3 is 0 Å². The van der Waals surface area contributed by atoms with E-state index in [0.29, 0.717) is 13.0 Å². The van der Waals surface area contributed by atoms with Crippen molar-refractivity contribution >= 4 is 21.8 Å². The molecule has 3 N–H and O–H groups in total. The van der Waals surface area contributed by atoms with Gasteiger partial charge in [0, 0.05) is 23.0 Å². The monoisotopic (exact) mass is 328 g/mol. The van der Waals surface area contributed by atoms with Gasteiger partial charge in [0.15, 0.2) is 0 Å². The molecular formula is C14H21BrN2O2. The molecule has 5 heteroatoms. The van der Waals surface area contributed by atoms with Crippen LogP contribution in [0.2, 0.25) is 0 Å². The first-order valence-electron chi connectivity index (χ1n) is 6.20. The number of nitrogens with one attached hydrogen (secondary N) is 1. The van der Waals surface area contributed by atoms with Crippen LogP contribution in [0.4, 0.5) is 0 Å². The highest BCUT2D eigenvalue weighted by molar-refractivity contribution is 9.10. The van der Waals surface area contributed by atoms with E-state index < -0.39 is 5.54 Å². The summed E-state index contributed by atoms with van der Waals surface area (Å²) in [7, 11) is 1.64. The third-order valence-electron chi connectivity index (χ3n) is 2.58. The SMILES string of the molecule is COc1ccc(Br)cc1CCNC(=O)CC(C)(C)N. The zero-order valence-electron chi connectivity index (χ0n) is 11.6. The van der Waals surface area contributed by atoms with Crippen LogP contribution in [0.3, 0.4) is 0 Å². The van der Waals surface area contributed by atoms with Crippen LogP contribution in [0, 0.1) is 0 Å². The molecule has 1 amide bonds. The number of methoxy groups -OCH3 is 1. The molecule has 0 aliphatic heterocycles. The minimum Gasteiger partial charge on any atom is -0.496 e. The van der Waals surface area contributed by atoms with Gasteiger partial charge in [-0.15, -0.1) is 0 Å².